The molecule has 8 heteroatoms. The second-order valence-corrected chi connectivity index (χ2v) is 9.87. The van der Waals surface area contributed by atoms with E-state index in [1.54, 1.807) is 0 Å². The van der Waals surface area contributed by atoms with Gasteiger partial charge < -0.3 is 4.90 Å². The van der Waals surface area contributed by atoms with Crippen LogP contribution in [-0.2, 0) is 13.0 Å². The van der Waals surface area contributed by atoms with Gasteiger partial charge in [0.15, 0.2) is 5.82 Å². The number of H-pyrrole nitrogens is 1. The summed E-state index contributed by atoms with van der Waals surface area (Å²) >= 11 is 0. The number of hydrogen-bond donors (Lipinski definition) is 1. The van der Waals surface area contributed by atoms with Crippen LogP contribution >= 0.6 is 0 Å². The number of pyridine rings is 2. The highest BCUT2D eigenvalue weighted by atomic mass is 15.4. The van der Waals surface area contributed by atoms with E-state index < -0.39 is 0 Å². The van der Waals surface area contributed by atoms with Crippen molar-refractivity contribution in [1.82, 2.24) is 35.0 Å². The fraction of sp³-hybridized carbons (Fsp3) is 0.370. The average Bonchev–Trinajstić information content (AvgIpc) is 3.27. The van der Waals surface area contributed by atoms with Gasteiger partial charge in [0.1, 0.15) is 5.82 Å². The first-order valence-electron chi connectivity index (χ1n) is 12.2. The van der Waals surface area contributed by atoms with Crippen molar-refractivity contribution in [2.24, 2.45) is 0 Å². The molecule has 7 heterocycles. The molecule has 2 unspecified atom stereocenters. The third kappa shape index (κ3) is 4.41. The van der Waals surface area contributed by atoms with Crippen LogP contribution < -0.4 is 4.90 Å². The van der Waals surface area contributed by atoms with E-state index in [0.717, 1.165) is 53.8 Å². The van der Waals surface area contributed by atoms with Gasteiger partial charge in [-0.3, -0.25) is 15.0 Å². The van der Waals surface area contributed by atoms with Crippen LogP contribution in [0, 0.1) is 20.8 Å². The van der Waals surface area contributed by atoms with Crippen molar-refractivity contribution in [3.05, 3.63) is 82.8 Å². The topological polar surface area (TPSA) is 86.7 Å². The Morgan fingerprint density at radius 1 is 0.971 bits per heavy atom. The molecule has 1 N–H and O–H groups in total. The highest BCUT2D eigenvalue weighted by Gasteiger charge is 2.44. The zero-order chi connectivity index (χ0) is 23.9. The fourth-order valence-electron chi connectivity index (χ4n) is 5.30. The van der Waals surface area contributed by atoms with Crippen LogP contribution in [0.1, 0.15) is 40.3 Å². The third-order valence-corrected chi connectivity index (χ3v) is 7.20. The Kier molecular flexibility index (Phi) is 5.53. The first-order valence-corrected chi connectivity index (χ1v) is 12.2. The van der Waals surface area contributed by atoms with Gasteiger partial charge in [0, 0.05) is 73.7 Å². The van der Waals surface area contributed by atoms with E-state index in [4.69, 9.17) is 9.97 Å². The molecule has 3 aliphatic rings. The molecule has 3 fully saturated rings. The highest BCUT2D eigenvalue weighted by Crippen LogP contribution is 2.35. The highest BCUT2D eigenvalue weighted by molar-refractivity contribution is 5.57. The predicted molar refractivity (Wildman–Crippen MR) is 135 cm³/mol. The van der Waals surface area contributed by atoms with Gasteiger partial charge in [-0.05, 0) is 68.7 Å². The Bertz CT molecular complexity index is 1330. The first-order chi connectivity index (χ1) is 17.0. The average molecular weight is 467 g/mol. The van der Waals surface area contributed by atoms with Crippen LogP contribution in [0.5, 0.6) is 0 Å². The molecule has 35 heavy (non-hydrogen) atoms. The largest absolute Gasteiger partial charge is 0.353 e. The Morgan fingerprint density at radius 3 is 2.54 bits per heavy atom. The molecular formula is C27H30N8. The van der Waals surface area contributed by atoms with E-state index in [2.05, 4.69) is 61.2 Å². The molecule has 0 saturated carbocycles. The summed E-state index contributed by atoms with van der Waals surface area (Å²) in [4.78, 5) is 23.6. The molecule has 4 aromatic heterocycles. The summed E-state index contributed by atoms with van der Waals surface area (Å²) in [5.41, 5.74) is 7.53. The summed E-state index contributed by atoms with van der Waals surface area (Å²) in [6.07, 6.45) is 7.73. The van der Waals surface area contributed by atoms with Crippen molar-refractivity contribution in [2.75, 3.05) is 18.0 Å². The normalized spacial score (nSPS) is 19.6. The smallest absolute Gasteiger partial charge is 0.161 e. The van der Waals surface area contributed by atoms with Gasteiger partial charge in [-0.15, -0.1) is 0 Å². The van der Waals surface area contributed by atoms with E-state index >= 15 is 0 Å². The summed E-state index contributed by atoms with van der Waals surface area (Å²) in [5.74, 6) is 1.74. The molecule has 4 aromatic rings. The van der Waals surface area contributed by atoms with Gasteiger partial charge in [0.25, 0.3) is 0 Å². The quantitative estimate of drug-likeness (QED) is 0.464. The lowest BCUT2D eigenvalue weighted by Crippen LogP contribution is -2.68. The van der Waals surface area contributed by atoms with E-state index in [1.165, 1.54) is 17.5 Å². The number of aromatic nitrogens is 6. The molecule has 2 bridgehead atoms. The molecule has 3 aliphatic heterocycles. The molecule has 178 valence electrons. The van der Waals surface area contributed by atoms with Gasteiger partial charge in [-0.2, -0.15) is 5.10 Å². The van der Waals surface area contributed by atoms with Crippen LogP contribution in [0.2, 0.25) is 0 Å². The van der Waals surface area contributed by atoms with Gasteiger partial charge in [0.2, 0.25) is 0 Å². The van der Waals surface area contributed by atoms with Gasteiger partial charge >= 0.3 is 0 Å². The lowest BCUT2D eigenvalue weighted by Gasteiger charge is -2.56. The maximum atomic E-state index is 4.80. The number of fused-ring (bicyclic) bond motifs is 2. The number of piperazine rings is 1. The molecule has 3 saturated heterocycles. The van der Waals surface area contributed by atoms with Crippen LogP contribution in [0.4, 0.5) is 5.82 Å². The van der Waals surface area contributed by atoms with Crippen molar-refractivity contribution in [3.63, 3.8) is 0 Å². The Hall–Kier alpha value is -3.65. The van der Waals surface area contributed by atoms with E-state index in [-0.39, 0.29) is 0 Å². The number of anilines is 1. The van der Waals surface area contributed by atoms with Crippen molar-refractivity contribution < 1.29 is 0 Å². The summed E-state index contributed by atoms with van der Waals surface area (Å²) < 4.78 is 0. The number of piperidine rings is 1. The summed E-state index contributed by atoms with van der Waals surface area (Å²) in [6, 6.07) is 11.5. The zero-order valence-electron chi connectivity index (χ0n) is 20.4. The molecule has 7 rings (SSSR count). The molecule has 0 aromatic carbocycles. The fourth-order valence-corrected chi connectivity index (χ4v) is 5.30. The Labute approximate surface area is 205 Å². The molecule has 2 atom stereocenters. The number of aromatic amines is 1. The molecule has 0 amide bonds. The van der Waals surface area contributed by atoms with Crippen LogP contribution in [0.3, 0.4) is 0 Å². The summed E-state index contributed by atoms with van der Waals surface area (Å²) in [5, 5.41) is 7.34. The molecular weight excluding hydrogens is 436 g/mol. The number of nitrogens with zero attached hydrogens (tertiary/aromatic N) is 7. The van der Waals surface area contributed by atoms with Gasteiger partial charge in [0.05, 0.1) is 11.4 Å². The number of nitrogens with one attached hydrogen (secondary N) is 1. The second kappa shape index (κ2) is 8.85. The van der Waals surface area contributed by atoms with Gasteiger partial charge in [-0.25, -0.2) is 15.0 Å². The Morgan fingerprint density at radius 2 is 1.83 bits per heavy atom. The van der Waals surface area contributed by atoms with E-state index in [1.807, 2.05) is 38.5 Å². The lowest BCUT2D eigenvalue weighted by atomic mass is 9.86. The van der Waals surface area contributed by atoms with Crippen LogP contribution in [0.15, 0.2) is 48.9 Å². The van der Waals surface area contributed by atoms with Crippen LogP contribution in [0.25, 0.3) is 11.4 Å². The standard InChI is InChI=1S/C27H30N8/c1-17-6-7-28-12-21(17)14-35-24-11-25(35)16-34(15-24)26-5-4-20(13-29-26)27-30-18(2)8-22(31-27)10-23-9-19(3)32-33-23/h4-9,12-13,24-25H,10-11,14-16H2,1-3H3,(H,32,33). The van der Waals surface area contributed by atoms with Crippen molar-refractivity contribution in [2.45, 2.75) is 52.2 Å². The first kappa shape index (κ1) is 21.9. The summed E-state index contributed by atoms with van der Waals surface area (Å²) in [7, 11) is 0. The van der Waals surface area contributed by atoms with Crippen molar-refractivity contribution >= 4 is 5.82 Å². The Balaban J connectivity index is 1.14. The molecule has 0 spiro atoms. The third-order valence-electron chi connectivity index (χ3n) is 7.20. The maximum absolute atomic E-state index is 4.80. The summed E-state index contributed by atoms with van der Waals surface area (Å²) in [6.45, 7) is 9.19. The SMILES string of the molecule is Cc1cc(Cc2cc(C)[nH]n2)nc(-c2ccc(N3CC4CC(C3)N4Cc3cnccc3C)nc2)n1. The monoisotopic (exact) mass is 466 g/mol. The van der Waals surface area contributed by atoms with Crippen LogP contribution in [-0.4, -0.2) is 60.2 Å². The number of rotatable bonds is 6. The molecule has 8 nitrogen and oxygen atoms in total. The minimum Gasteiger partial charge on any atom is -0.353 e. The second-order valence-electron chi connectivity index (χ2n) is 9.87. The van der Waals surface area contributed by atoms with Gasteiger partial charge in [-0.1, -0.05) is 0 Å². The minimum absolute atomic E-state index is 0.572. The number of aryl methyl sites for hydroxylation is 3. The van der Waals surface area contributed by atoms with E-state index in [9.17, 15) is 0 Å². The zero-order valence-corrected chi connectivity index (χ0v) is 20.4. The lowest BCUT2D eigenvalue weighted by molar-refractivity contribution is -0.00889. The number of hydrogen-bond acceptors (Lipinski definition) is 7. The molecule has 0 aliphatic carbocycles. The minimum atomic E-state index is 0.572. The van der Waals surface area contributed by atoms with Crippen molar-refractivity contribution in [3.8, 4) is 11.4 Å². The molecule has 0 radical (unpaired) electrons. The predicted octanol–water partition coefficient (Wildman–Crippen LogP) is 3.64. The van der Waals surface area contributed by atoms with Crippen molar-refractivity contribution in [1.29, 1.82) is 0 Å². The maximum Gasteiger partial charge on any atom is 0.161 e. The van der Waals surface area contributed by atoms with E-state index in [0.29, 0.717) is 24.3 Å².